The van der Waals surface area contributed by atoms with Gasteiger partial charge in [0.2, 0.25) is 15.9 Å². The number of hydrogen-bond acceptors (Lipinski definition) is 7. The maximum Gasteiger partial charge on any atom is 0.436 e. The number of nitrogens with one attached hydrogen (secondary N) is 1. The monoisotopic (exact) mass is 628 g/mol. The molecule has 3 aromatic carbocycles. The van der Waals surface area contributed by atoms with Crippen molar-refractivity contribution in [3.05, 3.63) is 108 Å². The standard InChI is InChI=1S/C33H36N6O5S/c1-3-4-20-39(22-31(40)37-26-17-15-24(16-18-26)28-12-5-6-14-30(28)45(35,42)43)27-11-9-10-25(21-27)32(34)38-33(41)44-23(2)29-13-7-8-19-36-29/h5-19,21,23H,3-4,20,22H2,1-2H3,(H,37,40)(H2,34,38,41)(H2,35,42,43). The molecule has 0 saturated carbocycles. The molecule has 0 aliphatic rings. The first-order chi connectivity index (χ1) is 21.5. The molecule has 0 bridgehead atoms. The van der Waals surface area contributed by atoms with E-state index in [1.165, 1.54) is 6.07 Å². The number of amidine groups is 1. The van der Waals surface area contributed by atoms with Crippen molar-refractivity contribution in [3.8, 4) is 11.1 Å². The molecule has 234 valence electrons. The van der Waals surface area contributed by atoms with Crippen LogP contribution in [0.2, 0.25) is 0 Å². The Labute approximate surface area is 263 Å². The van der Waals surface area contributed by atoms with Crippen molar-refractivity contribution in [2.75, 3.05) is 23.3 Å². The molecule has 1 aromatic heterocycles. The minimum absolute atomic E-state index is 0.0148. The van der Waals surface area contributed by atoms with Crippen molar-refractivity contribution >= 4 is 39.2 Å². The first-order valence-corrected chi connectivity index (χ1v) is 15.9. The van der Waals surface area contributed by atoms with Crippen LogP contribution >= 0.6 is 0 Å². The Hall–Kier alpha value is -5.07. The van der Waals surface area contributed by atoms with Gasteiger partial charge in [0.05, 0.1) is 17.1 Å². The summed E-state index contributed by atoms with van der Waals surface area (Å²) in [6.45, 7) is 4.43. The minimum Gasteiger partial charge on any atom is -0.438 e. The second-order valence-corrected chi connectivity index (χ2v) is 11.8. The zero-order valence-electron chi connectivity index (χ0n) is 25.1. The molecule has 0 aliphatic carbocycles. The van der Waals surface area contributed by atoms with Gasteiger partial charge in [-0.15, -0.1) is 0 Å². The van der Waals surface area contributed by atoms with E-state index in [1.54, 1.807) is 92.0 Å². The Bertz CT molecular complexity index is 1760. The third-order valence-electron chi connectivity index (χ3n) is 6.89. The van der Waals surface area contributed by atoms with Crippen LogP contribution < -0.4 is 21.1 Å². The van der Waals surface area contributed by atoms with Crippen LogP contribution in [0, 0.1) is 0 Å². The number of aliphatic imine (C=N–C) groups is 1. The molecule has 11 nitrogen and oxygen atoms in total. The number of nitrogens with zero attached hydrogens (tertiary/aromatic N) is 3. The van der Waals surface area contributed by atoms with Gasteiger partial charge in [-0.3, -0.25) is 9.78 Å². The van der Waals surface area contributed by atoms with E-state index in [-0.39, 0.29) is 23.2 Å². The van der Waals surface area contributed by atoms with Gasteiger partial charge in [-0.05, 0) is 61.4 Å². The van der Waals surface area contributed by atoms with Gasteiger partial charge in [0, 0.05) is 35.2 Å². The molecule has 0 aliphatic heterocycles. The number of ether oxygens (including phenoxy) is 1. The summed E-state index contributed by atoms with van der Waals surface area (Å²) in [5, 5.41) is 8.28. The molecule has 12 heteroatoms. The number of benzene rings is 3. The van der Waals surface area contributed by atoms with Crippen LogP contribution in [-0.4, -0.2) is 44.3 Å². The molecule has 45 heavy (non-hydrogen) atoms. The molecule has 4 aromatic rings. The van der Waals surface area contributed by atoms with Gasteiger partial charge in [0.15, 0.2) is 0 Å². The SMILES string of the molecule is CCCCN(CC(=O)Nc1ccc(-c2ccccc2S(N)(=O)=O)cc1)c1cccc(C(N)=NC(=O)OC(C)c2ccccn2)c1. The highest BCUT2D eigenvalue weighted by molar-refractivity contribution is 7.89. The van der Waals surface area contributed by atoms with Crippen LogP contribution in [-0.2, 0) is 19.6 Å². The number of unbranched alkanes of at least 4 members (excludes halogenated alkanes) is 1. The topological polar surface area (TPSA) is 170 Å². The van der Waals surface area contributed by atoms with E-state index in [1.807, 2.05) is 11.0 Å². The Morgan fingerprint density at radius 2 is 1.73 bits per heavy atom. The normalized spacial score (nSPS) is 12.3. The maximum absolute atomic E-state index is 13.1. The van der Waals surface area contributed by atoms with E-state index in [2.05, 4.69) is 22.2 Å². The molecule has 0 radical (unpaired) electrons. The minimum atomic E-state index is -3.90. The van der Waals surface area contributed by atoms with Gasteiger partial charge in [-0.2, -0.15) is 4.99 Å². The average Bonchev–Trinajstić information content (AvgIpc) is 3.03. The highest BCUT2D eigenvalue weighted by Crippen LogP contribution is 2.27. The molecule has 1 heterocycles. The number of sulfonamides is 1. The number of amides is 2. The van der Waals surface area contributed by atoms with Crippen LogP contribution in [0.25, 0.3) is 11.1 Å². The number of rotatable bonds is 12. The fraction of sp³-hybridized carbons (Fsp3) is 0.212. The molecule has 0 fully saturated rings. The Morgan fingerprint density at radius 3 is 2.42 bits per heavy atom. The zero-order chi connectivity index (χ0) is 32.4. The Kier molecular flexibility index (Phi) is 11.0. The second kappa shape index (κ2) is 15.1. The number of primary sulfonamides is 1. The lowest BCUT2D eigenvalue weighted by Crippen LogP contribution is -2.34. The predicted octanol–water partition coefficient (Wildman–Crippen LogP) is 5.24. The predicted molar refractivity (Wildman–Crippen MR) is 175 cm³/mol. The molecule has 1 atom stereocenters. The number of anilines is 2. The second-order valence-electron chi connectivity index (χ2n) is 10.3. The van der Waals surface area contributed by atoms with Crippen LogP contribution in [0.1, 0.15) is 44.1 Å². The quantitative estimate of drug-likeness (QED) is 0.141. The summed E-state index contributed by atoms with van der Waals surface area (Å²) >= 11 is 0. The van der Waals surface area contributed by atoms with E-state index < -0.39 is 22.2 Å². The number of hydrogen-bond donors (Lipinski definition) is 3. The third-order valence-corrected chi connectivity index (χ3v) is 7.86. The molecule has 5 N–H and O–H groups in total. The van der Waals surface area contributed by atoms with Crippen molar-refractivity contribution in [2.45, 2.75) is 37.7 Å². The van der Waals surface area contributed by atoms with Crippen LogP contribution in [0.4, 0.5) is 16.2 Å². The lowest BCUT2D eigenvalue weighted by Gasteiger charge is -2.25. The summed E-state index contributed by atoms with van der Waals surface area (Å²) < 4.78 is 29.4. The summed E-state index contributed by atoms with van der Waals surface area (Å²) in [5.74, 6) is -0.262. The number of pyridine rings is 1. The van der Waals surface area contributed by atoms with Gasteiger partial charge in [0.25, 0.3) is 0 Å². The molecule has 2 amide bonds. The van der Waals surface area contributed by atoms with Crippen LogP contribution in [0.5, 0.6) is 0 Å². The lowest BCUT2D eigenvalue weighted by molar-refractivity contribution is -0.115. The first-order valence-electron chi connectivity index (χ1n) is 14.4. The number of carbonyl (C=O) groups excluding carboxylic acids is 2. The fourth-order valence-electron chi connectivity index (χ4n) is 4.59. The summed E-state index contributed by atoms with van der Waals surface area (Å²) in [6.07, 6.45) is 1.94. The van der Waals surface area contributed by atoms with Crippen molar-refractivity contribution in [3.63, 3.8) is 0 Å². The molecule has 0 saturated heterocycles. The number of aromatic nitrogens is 1. The molecule has 4 rings (SSSR count). The maximum atomic E-state index is 13.1. The highest BCUT2D eigenvalue weighted by atomic mass is 32.2. The lowest BCUT2D eigenvalue weighted by atomic mass is 10.1. The Balaban J connectivity index is 1.44. The van der Waals surface area contributed by atoms with E-state index in [0.29, 0.717) is 34.6 Å². The van der Waals surface area contributed by atoms with Crippen molar-refractivity contribution < 1.29 is 22.7 Å². The van der Waals surface area contributed by atoms with Crippen LogP contribution in [0.3, 0.4) is 0 Å². The van der Waals surface area contributed by atoms with Gasteiger partial charge >= 0.3 is 6.09 Å². The zero-order valence-corrected chi connectivity index (χ0v) is 25.9. The number of nitrogens with two attached hydrogens (primary N) is 2. The summed E-state index contributed by atoms with van der Waals surface area (Å²) in [7, 11) is -3.90. The van der Waals surface area contributed by atoms with Crippen LogP contribution in [0.15, 0.2) is 107 Å². The fourth-order valence-corrected chi connectivity index (χ4v) is 5.35. The molecular formula is C33H36N6O5S. The van der Waals surface area contributed by atoms with Gasteiger partial charge in [0.1, 0.15) is 11.9 Å². The van der Waals surface area contributed by atoms with E-state index >= 15 is 0 Å². The summed E-state index contributed by atoms with van der Waals surface area (Å²) in [4.78, 5) is 35.6. The highest BCUT2D eigenvalue weighted by Gasteiger charge is 2.17. The smallest absolute Gasteiger partial charge is 0.436 e. The Morgan fingerprint density at radius 1 is 1.00 bits per heavy atom. The van der Waals surface area contributed by atoms with E-state index in [4.69, 9.17) is 15.6 Å². The third kappa shape index (κ3) is 9.21. The van der Waals surface area contributed by atoms with E-state index in [9.17, 15) is 18.0 Å². The molecule has 0 spiro atoms. The van der Waals surface area contributed by atoms with Gasteiger partial charge < -0.3 is 20.7 Å². The van der Waals surface area contributed by atoms with Gasteiger partial charge in [-0.1, -0.05) is 61.9 Å². The van der Waals surface area contributed by atoms with Gasteiger partial charge in [-0.25, -0.2) is 18.4 Å². The van der Waals surface area contributed by atoms with Crippen molar-refractivity contribution in [1.29, 1.82) is 0 Å². The molecule has 1 unspecified atom stereocenters. The average molecular weight is 629 g/mol. The largest absolute Gasteiger partial charge is 0.438 e. The van der Waals surface area contributed by atoms with E-state index in [0.717, 1.165) is 18.5 Å². The summed E-state index contributed by atoms with van der Waals surface area (Å²) in [6, 6.07) is 25.8. The first kappa shape index (κ1) is 32.8. The van der Waals surface area contributed by atoms with Crippen molar-refractivity contribution in [1.82, 2.24) is 4.98 Å². The summed E-state index contributed by atoms with van der Waals surface area (Å²) in [5.41, 5.74) is 9.67. The van der Waals surface area contributed by atoms with Crippen molar-refractivity contribution in [2.24, 2.45) is 15.9 Å². The number of carbonyl (C=O) groups is 2. The molecular weight excluding hydrogens is 592 g/mol.